The Morgan fingerprint density at radius 1 is 1.17 bits per heavy atom. The van der Waals surface area contributed by atoms with Gasteiger partial charge in [-0.1, -0.05) is 44.0 Å². The van der Waals surface area contributed by atoms with E-state index < -0.39 is 0 Å². The van der Waals surface area contributed by atoms with Gasteiger partial charge in [0.25, 0.3) is 6.47 Å². The smallest absolute Gasteiger partial charge is 0.290 e. The maximum Gasteiger partial charge on any atom is 0.290 e. The van der Waals surface area contributed by atoms with Crippen molar-refractivity contribution in [3.63, 3.8) is 0 Å². The Morgan fingerprint density at radius 2 is 1.83 bits per heavy atom. The van der Waals surface area contributed by atoms with Crippen molar-refractivity contribution in [2.24, 2.45) is 4.99 Å². The molecule has 1 aliphatic rings. The van der Waals surface area contributed by atoms with Gasteiger partial charge in [0.15, 0.2) is 5.78 Å². The third kappa shape index (κ3) is 5.89. The summed E-state index contributed by atoms with van der Waals surface area (Å²) in [5, 5.41) is 6.89. The Labute approximate surface area is 179 Å². The third-order valence-corrected chi connectivity index (χ3v) is 5.05. The van der Waals surface area contributed by atoms with Crippen molar-refractivity contribution in [3.05, 3.63) is 76.9 Å². The van der Waals surface area contributed by atoms with Gasteiger partial charge in [-0.2, -0.15) is 0 Å². The molecule has 1 atom stereocenters. The molecule has 30 heavy (non-hydrogen) atoms. The number of allylic oxidation sites excluding steroid dienone is 1. The third-order valence-electron chi connectivity index (χ3n) is 5.05. The molecule has 0 radical (unpaired) electrons. The Morgan fingerprint density at radius 3 is 2.43 bits per heavy atom. The highest BCUT2D eigenvalue weighted by atomic mass is 16.5. The number of unbranched alkanes of at least 4 members (excludes halogenated alkanes) is 2. The number of Topliss-reactive ketones (excluding diaryl/α,β-unsaturated/α-hetero) is 1. The van der Waals surface area contributed by atoms with Gasteiger partial charge in [0, 0.05) is 13.4 Å². The van der Waals surface area contributed by atoms with Gasteiger partial charge in [-0.25, -0.2) is 0 Å². The van der Waals surface area contributed by atoms with E-state index in [0.717, 1.165) is 53.0 Å². The summed E-state index contributed by atoms with van der Waals surface area (Å²) in [4.78, 5) is 26.2. The highest BCUT2D eigenvalue weighted by Gasteiger charge is 2.28. The Kier molecular flexibility index (Phi) is 9.01. The normalized spacial score (nSPS) is 14.8. The van der Waals surface area contributed by atoms with Gasteiger partial charge in [0.2, 0.25) is 0 Å². The zero-order valence-corrected chi connectivity index (χ0v) is 17.8. The molecule has 0 spiro atoms. The number of carboxylic acid groups (broad SMARTS) is 1. The number of carbonyl (C=O) groups excluding carboxylic acids is 1. The maximum atomic E-state index is 12.9. The number of methoxy groups -OCH3 is 1. The second-order valence-corrected chi connectivity index (χ2v) is 7.09. The second-order valence-electron chi connectivity index (χ2n) is 7.09. The van der Waals surface area contributed by atoms with Gasteiger partial charge in [-0.05, 0) is 60.4 Å². The highest BCUT2D eigenvalue weighted by molar-refractivity contribution is 6.16. The number of rotatable bonds is 8. The quantitative estimate of drug-likeness (QED) is 0.457. The van der Waals surface area contributed by atoms with E-state index >= 15 is 0 Å². The SMILES string of the molecule is CCCCCC(=O)C1=CC(c2ccc(OC)cc2)=NC1c1ccccc1C.O=CO.[HH]. The van der Waals surface area contributed by atoms with Crippen LogP contribution < -0.4 is 4.74 Å². The van der Waals surface area contributed by atoms with Gasteiger partial charge >= 0.3 is 0 Å². The predicted molar refractivity (Wildman–Crippen MR) is 121 cm³/mol. The van der Waals surface area contributed by atoms with Crippen LogP contribution >= 0.6 is 0 Å². The van der Waals surface area contributed by atoms with Gasteiger partial charge < -0.3 is 9.84 Å². The first kappa shape index (κ1) is 23.1. The molecule has 5 nitrogen and oxygen atoms in total. The molecule has 5 heteroatoms. The molecule has 1 heterocycles. The second kappa shape index (κ2) is 11.7. The lowest BCUT2D eigenvalue weighted by molar-refractivity contribution is -0.123. The molecule has 160 valence electrons. The number of benzene rings is 2. The van der Waals surface area contributed by atoms with Crippen LogP contribution in [0.3, 0.4) is 0 Å². The number of hydrogen-bond acceptors (Lipinski definition) is 4. The molecule has 0 saturated heterocycles. The lowest BCUT2D eigenvalue weighted by Gasteiger charge is -2.15. The Bertz CT molecular complexity index is 919. The summed E-state index contributed by atoms with van der Waals surface area (Å²) < 4.78 is 5.24. The van der Waals surface area contributed by atoms with Crippen molar-refractivity contribution >= 4 is 18.0 Å². The number of carbonyl (C=O) groups is 2. The van der Waals surface area contributed by atoms with Crippen LogP contribution in [-0.4, -0.2) is 30.2 Å². The van der Waals surface area contributed by atoms with Crippen LogP contribution in [0.25, 0.3) is 0 Å². The fourth-order valence-corrected chi connectivity index (χ4v) is 3.44. The summed E-state index contributed by atoms with van der Waals surface area (Å²) in [7, 11) is 1.66. The number of aliphatic imine (C=N–C) groups is 1. The predicted octanol–water partition coefficient (Wildman–Crippen LogP) is 5.57. The zero-order chi connectivity index (χ0) is 21.9. The molecular weight excluding hydrogens is 378 g/mol. The minimum Gasteiger partial charge on any atom is -0.497 e. The number of hydrogen-bond donors (Lipinski definition) is 1. The topological polar surface area (TPSA) is 76.0 Å². The van der Waals surface area contributed by atoms with E-state index in [0.29, 0.717) is 6.42 Å². The van der Waals surface area contributed by atoms with Crippen molar-refractivity contribution in [1.82, 2.24) is 0 Å². The van der Waals surface area contributed by atoms with Crippen molar-refractivity contribution in [1.29, 1.82) is 0 Å². The molecule has 2 aromatic rings. The molecule has 0 fully saturated rings. The van der Waals surface area contributed by atoms with E-state index in [1.54, 1.807) is 7.11 Å². The molecule has 1 aliphatic heterocycles. The van der Waals surface area contributed by atoms with Gasteiger partial charge in [0.1, 0.15) is 11.8 Å². The molecule has 0 saturated carbocycles. The van der Waals surface area contributed by atoms with Crippen LogP contribution in [0.4, 0.5) is 0 Å². The first-order valence-corrected chi connectivity index (χ1v) is 10.2. The fraction of sp³-hybridized carbons (Fsp3) is 0.320. The fourth-order valence-electron chi connectivity index (χ4n) is 3.44. The lowest BCUT2D eigenvalue weighted by atomic mass is 9.92. The van der Waals surface area contributed by atoms with Crippen LogP contribution in [-0.2, 0) is 9.59 Å². The van der Waals surface area contributed by atoms with Gasteiger partial charge in [0.05, 0.1) is 12.8 Å². The Hall–Kier alpha value is -3.21. The standard InChI is InChI=1S/C24H27NO2.CH2O2.H2/c1-4-5-6-11-23(26)21-16-22(18-12-14-19(27-3)15-13-18)25-24(21)20-10-8-7-9-17(20)2;2-1-3;/h7-10,12-16,24H,4-6,11H2,1-3H3;1H,(H,2,3);1H. The number of ether oxygens (including phenoxy) is 1. The van der Waals surface area contributed by atoms with Crippen molar-refractivity contribution in [2.75, 3.05) is 7.11 Å². The van der Waals surface area contributed by atoms with Crippen molar-refractivity contribution in [3.8, 4) is 5.75 Å². The highest BCUT2D eigenvalue weighted by Crippen LogP contribution is 2.35. The average Bonchev–Trinajstić information content (AvgIpc) is 3.20. The molecule has 0 aromatic heterocycles. The largest absolute Gasteiger partial charge is 0.497 e. The Balaban J connectivity index is 0.00000113. The lowest BCUT2D eigenvalue weighted by Crippen LogP contribution is -2.09. The van der Waals surface area contributed by atoms with E-state index in [1.807, 2.05) is 42.5 Å². The number of nitrogens with zero attached hydrogens (tertiary/aromatic N) is 1. The molecule has 1 unspecified atom stereocenters. The monoisotopic (exact) mass is 409 g/mol. The number of aryl methyl sites for hydroxylation is 1. The minimum atomic E-state index is -0.250. The van der Waals surface area contributed by atoms with Crippen molar-refractivity contribution in [2.45, 2.75) is 45.6 Å². The summed E-state index contributed by atoms with van der Waals surface area (Å²) >= 11 is 0. The van der Waals surface area contributed by atoms with Crippen LogP contribution in [0.15, 0.2) is 65.2 Å². The molecule has 1 N–H and O–H groups in total. The first-order chi connectivity index (χ1) is 14.5. The summed E-state index contributed by atoms with van der Waals surface area (Å²) in [6, 6.07) is 15.8. The summed E-state index contributed by atoms with van der Waals surface area (Å²) in [6.45, 7) is 3.98. The van der Waals surface area contributed by atoms with Crippen LogP contribution in [0, 0.1) is 6.92 Å². The van der Waals surface area contributed by atoms with Crippen LogP contribution in [0.2, 0.25) is 0 Å². The van der Waals surface area contributed by atoms with Gasteiger partial charge in [-0.3, -0.25) is 14.6 Å². The molecule has 0 bridgehead atoms. The van der Waals surface area contributed by atoms with E-state index in [2.05, 4.69) is 26.0 Å². The zero-order valence-electron chi connectivity index (χ0n) is 17.8. The summed E-state index contributed by atoms with van der Waals surface area (Å²) in [5.41, 5.74) is 4.95. The number of ketones is 1. The molecular formula is C25H31NO4. The summed E-state index contributed by atoms with van der Waals surface area (Å²) in [5.74, 6) is 1.02. The summed E-state index contributed by atoms with van der Waals surface area (Å²) in [6.07, 6.45) is 5.70. The van der Waals surface area contributed by atoms with Crippen molar-refractivity contribution < 1.29 is 20.9 Å². The van der Waals surface area contributed by atoms with Crippen LogP contribution in [0.5, 0.6) is 5.75 Å². The van der Waals surface area contributed by atoms with Gasteiger partial charge in [-0.15, -0.1) is 0 Å². The molecule has 0 amide bonds. The van der Waals surface area contributed by atoms with E-state index in [1.165, 1.54) is 0 Å². The van der Waals surface area contributed by atoms with E-state index in [4.69, 9.17) is 19.6 Å². The molecule has 3 rings (SSSR count). The van der Waals surface area contributed by atoms with E-state index in [-0.39, 0.29) is 19.7 Å². The first-order valence-electron chi connectivity index (χ1n) is 10.2. The average molecular weight is 410 g/mol. The van der Waals surface area contributed by atoms with Crippen LogP contribution in [0.1, 0.15) is 56.8 Å². The molecule has 2 aromatic carbocycles. The molecule has 0 aliphatic carbocycles. The maximum absolute atomic E-state index is 12.9. The van der Waals surface area contributed by atoms with E-state index in [9.17, 15) is 4.79 Å². The minimum absolute atomic E-state index is 0.